The number of nitrogens with one attached hydrogen (secondary N) is 1. The Morgan fingerprint density at radius 2 is 1.67 bits per heavy atom. The van der Waals surface area contributed by atoms with Crippen molar-refractivity contribution in [2.24, 2.45) is 5.10 Å². The molecular weight excluding hydrogens is 550 g/mol. The largest absolute Gasteiger partial charge is 0.482 e. The van der Waals surface area contributed by atoms with E-state index in [-0.39, 0.29) is 18.0 Å². The van der Waals surface area contributed by atoms with Gasteiger partial charge in [-0.25, -0.2) is 18.6 Å². The van der Waals surface area contributed by atoms with Crippen molar-refractivity contribution in [3.63, 3.8) is 0 Å². The van der Waals surface area contributed by atoms with Gasteiger partial charge in [-0.1, -0.05) is 46.3 Å². The fourth-order valence-electron chi connectivity index (χ4n) is 2.99. The number of benzene rings is 3. The lowest BCUT2D eigenvalue weighted by Crippen LogP contribution is -2.39. The average Bonchev–Trinajstić information content (AvgIpc) is 2.88. The lowest BCUT2D eigenvalue weighted by molar-refractivity contribution is -0.142. The number of nitrogens with zero attached hydrogens (tertiary/aromatic N) is 2. The summed E-state index contributed by atoms with van der Waals surface area (Å²) in [7, 11) is -2.68. The topological polar surface area (TPSA) is 114 Å². The fraction of sp³-hybridized carbons (Fsp3) is 0.160. The molecule has 188 valence electrons. The molecule has 1 amide bonds. The first-order valence-corrected chi connectivity index (χ1v) is 12.9. The number of hydrazone groups is 1. The minimum Gasteiger partial charge on any atom is -0.482 e. The number of hydrogen-bond acceptors (Lipinski definition) is 7. The molecule has 0 aliphatic heterocycles. The van der Waals surface area contributed by atoms with Gasteiger partial charge in [0.05, 0.1) is 24.8 Å². The first-order valence-electron chi connectivity index (χ1n) is 10.7. The molecule has 0 bridgehead atoms. The Hall–Kier alpha value is -3.54. The summed E-state index contributed by atoms with van der Waals surface area (Å²) in [5.74, 6) is -0.621. The maximum Gasteiger partial charge on any atom is 0.343 e. The van der Waals surface area contributed by atoms with Gasteiger partial charge in [-0.2, -0.15) is 9.41 Å². The Morgan fingerprint density at radius 1 is 1.00 bits per heavy atom. The van der Waals surface area contributed by atoms with E-state index in [4.69, 9.17) is 4.74 Å². The Morgan fingerprint density at radius 3 is 2.31 bits per heavy atom. The zero-order valence-corrected chi connectivity index (χ0v) is 21.7. The first-order chi connectivity index (χ1) is 17.3. The van der Waals surface area contributed by atoms with Gasteiger partial charge in [0.15, 0.2) is 6.61 Å². The summed E-state index contributed by atoms with van der Waals surface area (Å²) >= 11 is 3.30. The number of rotatable bonds is 11. The van der Waals surface area contributed by atoms with Crippen LogP contribution in [0.3, 0.4) is 0 Å². The van der Waals surface area contributed by atoms with Gasteiger partial charge >= 0.3 is 5.97 Å². The third-order valence-corrected chi connectivity index (χ3v) is 7.18. The minimum atomic E-state index is -3.95. The number of carbonyl (C=O) groups excluding carboxylic acids is 2. The van der Waals surface area contributed by atoms with E-state index in [1.54, 1.807) is 60.7 Å². The van der Waals surface area contributed by atoms with Crippen LogP contribution in [0.1, 0.15) is 11.1 Å². The van der Waals surface area contributed by atoms with E-state index >= 15 is 0 Å². The molecule has 9 nitrogen and oxygen atoms in total. The standard InChI is InChI=1S/C25H24BrN3O6S/c1-34-25(31)18-35-22-11-7-19(8-12-22)15-27-28-24(30)17-29(16-20-5-3-2-4-6-20)36(32,33)23-13-9-21(26)10-14-23/h2-15H,16-18H2,1H3,(H,28,30)/b27-15+. The first kappa shape index (κ1) is 27.1. The van der Waals surface area contributed by atoms with Crippen LogP contribution < -0.4 is 10.2 Å². The molecule has 0 atom stereocenters. The Labute approximate surface area is 217 Å². The lowest BCUT2D eigenvalue weighted by atomic mass is 10.2. The maximum absolute atomic E-state index is 13.3. The van der Waals surface area contributed by atoms with Crippen LogP contribution in [0.5, 0.6) is 5.75 Å². The highest BCUT2D eigenvalue weighted by Gasteiger charge is 2.27. The number of carbonyl (C=O) groups is 2. The number of amides is 1. The number of ether oxygens (including phenoxy) is 2. The highest BCUT2D eigenvalue weighted by molar-refractivity contribution is 9.10. The molecule has 36 heavy (non-hydrogen) atoms. The summed E-state index contributed by atoms with van der Waals surface area (Å²) in [6, 6.07) is 21.9. The van der Waals surface area contributed by atoms with Crippen LogP contribution in [0.15, 0.2) is 93.3 Å². The Balaban J connectivity index is 1.66. The van der Waals surface area contributed by atoms with Crippen molar-refractivity contribution >= 4 is 44.0 Å². The molecule has 11 heteroatoms. The molecule has 0 aliphatic rings. The molecule has 0 saturated heterocycles. The molecular formula is C25H24BrN3O6S. The number of hydrogen-bond donors (Lipinski definition) is 1. The van der Waals surface area contributed by atoms with Crippen molar-refractivity contribution in [2.75, 3.05) is 20.3 Å². The van der Waals surface area contributed by atoms with Gasteiger partial charge in [-0.05, 0) is 59.7 Å². The van der Waals surface area contributed by atoms with E-state index in [9.17, 15) is 18.0 Å². The molecule has 0 aliphatic carbocycles. The zero-order valence-electron chi connectivity index (χ0n) is 19.3. The van der Waals surface area contributed by atoms with Crippen molar-refractivity contribution in [1.82, 2.24) is 9.73 Å². The molecule has 0 heterocycles. The van der Waals surface area contributed by atoms with Crippen LogP contribution in [-0.4, -0.2) is 51.1 Å². The second kappa shape index (κ2) is 13.0. The molecule has 3 rings (SSSR count). The van der Waals surface area contributed by atoms with Crippen molar-refractivity contribution in [2.45, 2.75) is 11.4 Å². The summed E-state index contributed by atoms with van der Waals surface area (Å²) in [5.41, 5.74) is 3.76. The molecule has 1 N–H and O–H groups in total. The van der Waals surface area contributed by atoms with E-state index in [0.717, 1.165) is 14.3 Å². The molecule has 3 aromatic rings. The zero-order chi connectivity index (χ0) is 26.0. The normalized spacial score (nSPS) is 11.4. The van der Waals surface area contributed by atoms with Gasteiger partial charge in [0.25, 0.3) is 5.91 Å². The van der Waals surface area contributed by atoms with Gasteiger partial charge in [0.1, 0.15) is 5.75 Å². The number of esters is 1. The molecule has 0 radical (unpaired) electrons. The molecule has 0 saturated carbocycles. The summed E-state index contributed by atoms with van der Waals surface area (Å²) in [4.78, 5) is 23.8. The van der Waals surface area contributed by atoms with Crippen molar-refractivity contribution in [3.05, 3.63) is 94.5 Å². The Kier molecular flexibility index (Phi) is 9.74. The Bertz CT molecular complexity index is 1300. The third kappa shape index (κ3) is 8.01. The van der Waals surface area contributed by atoms with Gasteiger partial charge in [0.2, 0.25) is 10.0 Å². The monoisotopic (exact) mass is 573 g/mol. The van der Waals surface area contributed by atoms with E-state index in [1.165, 1.54) is 25.5 Å². The summed E-state index contributed by atoms with van der Waals surface area (Å²) in [6.45, 7) is -0.614. The molecule has 0 aromatic heterocycles. The summed E-state index contributed by atoms with van der Waals surface area (Å²) in [5, 5.41) is 3.92. The van der Waals surface area contributed by atoms with Crippen LogP contribution in [0.2, 0.25) is 0 Å². The highest BCUT2D eigenvalue weighted by atomic mass is 79.9. The molecule has 0 spiro atoms. The summed E-state index contributed by atoms with van der Waals surface area (Å²) < 4.78 is 38.2. The van der Waals surface area contributed by atoms with Crippen LogP contribution in [0.25, 0.3) is 0 Å². The SMILES string of the molecule is COC(=O)COc1ccc(/C=N/NC(=O)CN(Cc2ccccc2)S(=O)(=O)c2ccc(Br)cc2)cc1. The lowest BCUT2D eigenvalue weighted by Gasteiger charge is -2.21. The highest BCUT2D eigenvalue weighted by Crippen LogP contribution is 2.20. The van der Waals surface area contributed by atoms with Gasteiger partial charge < -0.3 is 9.47 Å². The van der Waals surface area contributed by atoms with E-state index in [1.807, 2.05) is 6.07 Å². The smallest absolute Gasteiger partial charge is 0.343 e. The second-order valence-corrected chi connectivity index (χ2v) is 10.3. The quantitative estimate of drug-likeness (QED) is 0.214. The third-order valence-electron chi connectivity index (χ3n) is 4.84. The van der Waals surface area contributed by atoms with Crippen LogP contribution in [0.4, 0.5) is 0 Å². The number of methoxy groups -OCH3 is 1. The molecule has 0 unspecified atom stereocenters. The molecule has 3 aromatic carbocycles. The van der Waals surface area contributed by atoms with Crippen LogP contribution in [0, 0.1) is 0 Å². The van der Waals surface area contributed by atoms with E-state index < -0.39 is 28.4 Å². The fourth-order valence-corrected chi connectivity index (χ4v) is 4.64. The van der Waals surface area contributed by atoms with E-state index in [2.05, 4.69) is 31.2 Å². The van der Waals surface area contributed by atoms with E-state index in [0.29, 0.717) is 11.3 Å². The van der Waals surface area contributed by atoms with Crippen molar-refractivity contribution in [3.8, 4) is 5.75 Å². The van der Waals surface area contributed by atoms with Gasteiger partial charge in [0, 0.05) is 11.0 Å². The van der Waals surface area contributed by atoms with Crippen molar-refractivity contribution < 1.29 is 27.5 Å². The number of halogens is 1. The average molecular weight is 574 g/mol. The predicted molar refractivity (Wildman–Crippen MR) is 138 cm³/mol. The molecule has 0 fully saturated rings. The maximum atomic E-state index is 13.3. The summed E-state index contributed by atoms with van der Waals surface area (Å²) in [6.07, 6.45) is 1.41. The predicted octanol–water partition coefficient (Wildman–Crippen LogP) is 3.34. The van der Waals surface area contributed by atoms with Gasteiger partial charge in [-0.3, -0.25) is 4.79 Å². The minimum absolute atomic E-state index is 0.0173. The van der Waals surface area contributed by atoms with Crippen LogP contribution in [-0.2, 0) is 30.9 Å². The van der Waals surface area contributed by atoms with Gasteiger partial charge in [-0.15, -0.1) is 0 Å². The van der Waals surface area contributed by atoms with Crippen molar-refractivity contribution in [1.29, 1.82) is 0 Å². The second-order valence-electron chi connectivity index (χ2n) is 7.44. The number of sulfonamides is 1. The van der Waals surface area contributed by atoms with Crippen LogP contribution >= 0.6 is 15.9 Å².